The van der Waals surface area contributed by atoms with Crippen LogP contribution in [0.25, 0.3) is 0 Å². The molecule has 1 amide bonds. The van der Waals surface area contributed by atoms with Crippen LogP contribution in [-0.2, 0) is 16.1 Å². The number of pyridine rings is 1. The summed E-state index contributed by atoms with van der Waals surface area (Å²) < 4.78 is 5.33. The number of hydrogen-bond acceptors (Lipinski definition) is 5. The molecule has 1 atom stereocenters. The maximum absolute atomic E-state index is 12.1. The number of nitrogens with zero attached hydrogens (tertiary/aromatic N) is 1. The number of rotatable bonds is 9. The number of carbonyl (C=O) groups is 2. The number of anilines is 1. The number of carboxylic acids is 1. The van der Waals surface area contributed by atoms with E-state index in [1.165, 1.54) is 0 Å². The van der Waals surface area contributed by atoms with E-state index >= 15 is 0 Å². The van der Waals surface area contributed by atoms with Gasteiger partial charge in [0.1, 0.15) is 11.8 Å². The summed E-state index contributed by atoms with van der Waals surface area (Å²) in [6, 6.07) is 11.3. The number of amides is 1. The van der Waals surface area contributed by atoms with E-state index in [-0.39, 0.29) is 18.9 Å². The molecule has 0 aliphatic rings. The second kappa shape index (κ2) is 9.39. The van der Waals surface area contributed by atoms with Crippen molar-refractivity contribution in [2.45, 2.75) is 25.9 Å². The molecular formula is C18H21N3O4. The van der Waals surface area contributed by atoms with Crippen molar-refractivity contribution < 1.29 is 19.4 Å². The molecule has 0 saturated heterocycles. The van der Waals surface area contributed by atoms with E-state index in [0.717, 1.165) is 0 Å². The van der Waals surface area contributed by atoms with Gasteiger partial charge in [-0.3, -0.25) is 19.9 Å². The van der Waals surface area contributed by atoms with Crippen LogP contribution in [0.2, 0.25) is 0 Å². The van der Waals surface area contributed by atoms with Crippen molar-refractivity contribution in [3.05, 3.63) is 54.4 Å². The first-order valence-corrected chi connectivity index (χ1v) is 7.97. The normalized spacial score (nSPS) is 11.6. The average molecular weight is 343 g/mol. The lowest BCUT2D eigenvalue weighted by Crippen LogP contribution is -2.39. The summed E-state index contributed by atoms with van der Waals surface area (Å²) in [5.41, 5.74) is 1.29. The highest BCUT2D eigenvalue weighted by Crippen LogP contribution is 2.16. The van der Waals surface area contributed by atoms with E-state index in [0.29, 0.717) is 23.7 Å². The van der Waals surface area contributed by atoms with E-state index in [9.17, 15) is 14.7 Å². The number of ether oxygens (including phenoxy) is 1. The first-order chi connectivity index (χ1) is 12.1. The highest BCUT2D eigenvalue weighted by atomic mass is 16.5. The van der Waals surface area contributed by atoms with Crippen LogP contribution in [0.1, 0.15) is 19.0 Å². The molecule has 1 aromatic heterocycles. The van der Waals surface area contributed by atoms with Crippen LogP contribution in [0.5, 0.6) is 5.75 Å². The van der Waals surface area contributed by atoms with Gasteiger partial charge in [-0.2, -0.15) is 0 Å². The molecule has 2 aromatic rings. The molecule has 7 nitrogen and oxygen atoms in total. The van der Waals surface area contributed by atoms with Gasteiger partial charge in [-0.1, -0.05) is 6.07 Å². The summed E-state index contributed by atoms with van der Waals surface area (Å²) in [5.74, 6) is -0.760. The van der Waals surface area contributed by atoms with Crippen molar-refractivity contribution in [2.24, 2.45) is 0 Å². The molecule has 0 spiro atoms. The fourth-order valence-corrected chi connectivity index (χ4v) is 2.18. The summed E-state index contributed by atoms with van der Waals surface area (Å²) in [6.45, 7) is 2.72. The summed E-state index contributed by atoms with van der Waals surface area (Å²) in [4.78, 5) is 27.5. The molecule has 0 aliphatic heterocycles. The van der Waals surface area contributed by atoms with Gasteiger partial charge in [0.2, 0.25) is 5.91 Å². The fraction of sp³-hybridized carbons (Fsp3) is 0.278. The molecule has 3 N–H and O–H groups in total. The van der Waals surface area contributed by atoms with Gasteiger partial charge in [0.25, 0.3) is 0 Å². The van der Waals surface area contributed by atoms with Gasteiger partial charge in [-0.05, 0) is 43.3 Å². The van der Waals surface area contributed by atoms with Gasteiger partial charge in [-0.25, -0.2) is 0 Å². The second-order valence-corrected chi connectivity index (χ2v) is 5.30. The average Bonchev–Trinajstić information content (AvgIpc) is 2.61. The summed E-state index contributed by atoms with van der Waals surface area (Å²) in [7, 11) is 0. The first kappa shape index (κ1) is 18.4. The maximum Gasteiger partial charge on any atom is 0.321 e. The Balaban J connectivity index is 1.87. The first-order valence-electron chi connectivity index (χ1n) is 7.97. The lowest BCUT2D eigenvalue weighted by Gasteiger charge is -2.14. The quantitative estimate of drug-likeness (QED) is 0.644. The third-order valence-electron chi connectivity index (χ3n) is 3.39. The topological polar surface area (TPSA) is 101 Å². The predicted octanol–water partition coefficient (Wildman–Crippen LogP) is 2.05. The van der Waals surface area contributed by atoms with Gasteiger partial charge in [0.15, 0.2) is 0 Å². The van der Waals surface area contributed by atoms with Crippen LogP contribution in [0.4, 0.5) is 5.69 Å². The number of aromatic nitrogens is 1. The SMILES string of the molecule is CCOc1ccc(NC(=O)C[C@H](NCc2ccccn2)C(=O)O)cc1. The van der Waals surface area contributed by atoms with Crippen LogP contribution < -0.4 is 15.4 Å². The minimum absolute atomic E-state index is 0.185. The molecule has 0 radical (unpaired) electrons. The Labute approximate surface area is 146 Å². The highest BCUT2D eigenvalue weighted by Gasteiger charge is 2.21. The third kappa shape index (κ3) is 6.23. The van der Waals surface area contributed by atoms with Crippen LogP contribution in [0.15, 0.2) is 48.7 Å². The molecule has 0 unspecified atom stereocenters. The fourth-order valence-electron chi connectivity index (χ4n) is 2.18. The summed E-state index contributed by atoms with van der Waals surface area (Å²) in [6.07, 6.45) is 1.45. The Bertz CT molecular complexity index is 689. The van der Waals surface area contributed by atoms with Crippen molar-refractivity contribution in [3.63, 3.8) is 0 Å². The molecular weight excluding hydrogens is 322 g/mol. The number of nitrogens with one attached hydrogen (secondary N) is 2. The highest BCUT2D eigenvalue weighted by molar-refractivity contribution is 5.94. The Morgan fingerprint density at radius 2 is 1.96 bits per heavy atom. The predicted molar refractivity (Wildman–Crippen MR) is 93.4 cm³/mol. The third-order valence-corrected chi connectivity index (χ3v) is 3.39. The number of hydrogen-bond donors (Lipinski definition) is 3. The smallest absolute Gasteiger partial charge is 0.321 e. The molecule has 25 heavy (non-hydrogen) atoms. The second-order valence-electron chi connectivity index (χ2n) is 5.30. The molecule has 1 heterocycles. The monoisotopic (exact) mass is 343 g/mol. The number of aliphatic carboxylic acids is 1. The zero-order valence-corrected chi connectivity index (χ0v) is 13.9. The van der Waals surface area contributed by atoms with Crippen molar-refractivity contribution in [2.75, 3.05) is 11.9 Å². The van der Waals surface area contributed by atoms with Gasteiger partial charge >= 0.3 is 5.97 Å². The molecule has 7 heteroatoms. The summed E-state index contributed by atoms with van der Waals surface area (Å²) in [5, 5.41) is 14.8. The molecule has 0 aliphatic carbocycles. The Hall–Kier alpha value is -2.93. The molecule has 132 valence electrons. The molecule has 2 rings (SSSR count). The Kier molecular flexibility index (Phi) is 6.91. The minimum atomic E-state index is -1.09. The van der Waals surface area contributed by atoms with E-state index in [2.05, 4.69) is 15.6 Å². The Morgan fingerprint density at radius 3 is 2.56 bits per heavy atom. The Morgan fingerprint density at radius 1 is 1.20 bits per heavy atom. The van der Waals surface area contributed by atoms with Crippen LogP contribution in [-0.4, -0.2) is 34.6 Å². The standard InChI is InChI=1S/C18H21N3O4/c1-2-25-15-8-6-13(7-9-15)21-17(22)11-16(18(23)24)20-12-14-5-3-4-10-19-14/h3-10,16,20H,2,11-12H2,1H3,(H,21,22)(H,23,24)/t16-/m0/s1. The maximum atomic E-state index is 12.1. The van der Waals surface area contributed by atoms with E-state index in [1.54, 1.807) is 42.6 Å². The van der Waals surface area contributed by atoms with Gasteiger partial charge < -0.3 is 15.2 Å². The van der Waals surface area contributed by atoms with Gasteiger partial charge in [0, 0.05) is 18.4 Å². The molecule has 0 bridgehead atoms. The van der Waals surface area contributed by atoms with E-state index in [4.69, 9.17) is 4.74 Å². The van der Waals surface area contributed by atoms with Crippen molar-refractivity contribution >= 4 is 17.6 Å². The minimum Gasteiger partial charge on any atom is -0.494 e. The number of carbonyl (C=O) groups excluding carboxylic acids is 1. The molecule has 0 saturated carbocycles. The van der Waals surface area contributed by atoms with Crippen molar-refractivity contribution in [1.29, 1.82) is 0 Å². The van der Waals surface area contributed by atoms with Crippen LogP contribution >= 0.6 is 0 Å². The van der Waals surface area contributed by atoms with Gasteiger partial charge in [0.05, 0.1) is 18.7 Å². The molecule has 0 fully saturated rings. The largest absolute Gasteiger partial charge is 0.494 e. The zero-order chi connectivity index (χ0) is 18.1. The van der Waals surface area contributed by atoms with Crippen molar-refractivity contribution in [3.8, 4) is 5.75 Å². The molecule has 1 aromatic carbocycles. The van der Waals surface area contributed by atoms with Crippen molar-refractivity contribution in [1.82, 2.24) is 10.3 Å². The van der Waals surface area contributed by atoms with E-state index in [1.807, 2.05) is 13.0 Å². The zero-order valence-electron chi connectivity index (χ0n) is 13.9. The number of carboxylic acid groups (broad SMARTS) is 1. The summed E-state index contributed by atoms with van der Waals surface area (Å²) >= 11 is 0. The lowest BCUT2D eigenvalue weighted by molar-refractivity contribution is -0.141. The van der Waals surface area contributed by atoms with E-state index < -0.39 is 12.0 Å². The number of benzene rings is 1. The van der Waals surface area contributed by atoms with Gasteiger partial charge in [-0.15, -0.1) is 0 Å². The van der Waals surface area contributed by atoms with Crippen LogP contribution in [0.3, 0.4) is 0 Å². The lowest BCUT2D eigenvalue weighted by atomic mass is 10.2. The van der Waals surface area contributed by atoms with Crippen LogP contribution in [0, 0.1) is 0 Å².